The number of anilines is 4. The first kappa shape index (κ1) is 43.9. The van der Waals surface area contributed by atoms with Crippen molar-refractivity contribution in [2.24, 2.45) is 0 Å². The van der Waals surface area contributed by atoms with Crippen molar-refractivity contribution in [2.75, 3.05) is 9.80 Å². The van der Waals surface area contributed by atoms with Crippen LogP contribution in [0, 0.1) is 20.1 Å². The van der Waals surface area contributed by atoms with Crippen LogP contribution in [0.3, 0.4) is 0 Å². The number of aromatic nitrogens is 2. The summed E-state index contributed by atoms with van der Waals surface area (Å²) in [7, 11) is 0. The Kier molecular flexibility index (Phi) is 11.5. The molecule has 0 radical (unpaired) electrons. The van der Waals surface area contributed by atoms with Crippen LogP contribution < -0.4 is 9.80 Å². The molecule has 8 nitrogen and oxygen atoms in total. The molecule has 7 aromatic carbocycles. The zero-order valence-electron chi connectivity index (χ0n) is 38.9. The van der Waals surface area contributed by atoms with E-state index in [1.54, 1.807) is 36.4 Å². The van der Waals surface area contributed by atoms with E-state index in [0.29, 0.717) is 28.6 Å². The number of allylic oxidation sites excluding steroid dienone is 3. The second kappa shape index (κ2) is 18.0. The van der Waals surface area contributed by atoms with E-state index in [0.717, 1.165) is 72.6 Å². The minimum atomic E-state index is -0.359. The number of carbonyl (C=O) groups is 2. The summed E-state index contributed by atoms with van der Waals surface area (Å²) in [5, 5.41) is 0. The quantitative estimate of drug-likeness (QED) is 0.0816. The average molecular weight is 895 g/mol. The molecule has 332 valence electrons. The molecule has 0 atom stereocenters. The maximum Gasteiger partial charge on any atom is 0.300 e. The smallest absolute Gasteiger partial charge is 0.300 e. The lowest BCUT2D eigenvalue weighted by molar-refractivity contribution is 0.0988. The van der Waals surface area contributed by atoms with Crippen LogP contribution in [0.5, 0.6) is 0 Å². The Balaban J connectivity index is 1.32. The monoisotopic (exact) mass is 894 g/mol. The lowest BCUT2D eigenvalue weighted by Crippen LogP contribution is -2.25. The molecule has 0 bridgehead atoms. The number of benzene rings is 7. The predicted octanol–water partition coefficient (Wildman–Crippen LogP) is 15.9. The fraction of sp³-hybridized carbons (Fsp3) is 0.115. The first-order valence-electron chi connectivity index (χ1n) is 23.0. The molecule has 2 aliphatic rings. The number of carbonyl (C=O) groups excluding carboxylic acids is 2. The van der Waals surface area contributed by atoms with E-state index in [4.69, 9.17) is 23.1 Å². The minimum Gasteiger partial charge on any atom is -0.370 e. The Hall–Kier alpha value is -8.98. The Labute approximate surface area is 402 Å². The summed E-state index contributed by atoms with van der Waals surface area (Å²) in [6.07, 6.45) is 3.42. The molecular weight excluding hydrogens is 849 g/mol. The van der Waals surface area contributed by atoms with Gasteiger partial charge < -0.3 is 9.69 Å². The molecule has 10 rings (SSSR count). The molecule has 0 spiro atoms. The van der Waals surface area contributed by atoms with Gasteiger partial charge in [0.2, 0.25) is 0 Å². The van der Waals surface area contributed by atoms with Crippen molar-refractivity contribution in [3.05, 3.63) is 238 Å². The largest absolute Gasteiger partial charge is 0.370 e. The molecule has 1 aliphatic heterocycles. The van der Waals surface area contributed by atoms with Gasteiger partial charge in [-0.05, 0) is 93.1 Å². The molecule has 2 heterocycles. The van der Waals surface area contributed by atoms with Crippen LogP contribution in [0.4, 0.5) is 34.6 Å². The zero-order valence-corrected chi connectivity index (χ0v) is 38.9. The summed E-state index contributed by atoms with van der Waals surface area (Å²) in [6.45, 7) is 27.2. The summed E-state index contributed by atoms with van der Waals surface area (Å²) >= 11 is 0. The average Bonchev–Trinajstić information content (AvgIpc) is 3.82. The molecular formula is C61H46N6O2. The molecule has 0 saturated carbocycles. The van der Waals surface area contributed by atoms with Gasteiger partial charge in [-0.25, -0.2) is 0 Å². The highest BCUT2D eigenvalue weighted by atomic mass is 16.2. The van der Waals surface area contributed by atoms with Crippen molar-refractivity contribution < 1.29 is 9.59 Å². The SMILES string of the molecule is [C-]#[N+]c1nc2c(nc1[N+]#[C-])N(c1c(C(C)C)cccc1C(C)C)/C(=C\C=C1C(=O)c3ccccc3C1=O)N2c1c(-c2ccc(-c3ccccc3)cc2)cc(C)cc1-c1ccc(-c2ccccc2)cc1. The number of aryl methyl sites for hydroxylation is 1. The highest BCUT2D eigenvalue weighted by molar-refractivity contribution is 6.39. The van der Waals surface area contributed by atoms with E-state index in [2.05, 4.69) is 147 Å². The summed E-state index contributed by atoms with van der Waals surface area (Å²) in [6, 6.07) is 55.0. The molecule has 0 fully saturated rings. The highest BCUT2D eigenvalue weighted by Gasteiger charge is 2.46. The molecule has 0 unspecified atom stereocenters. The third-order valence-electron chi connectivity index (χ3n) is 12.9. The van der Waals surface area contributed by atoms with Gasteiger partial charge in [0.1, 0.15) is 5.82 Å². The van der Waals surface area contributed by atoms with Crippen LogP contribution in [-0.2, 0) is 0 Å². The van der Waals surface area contributed by atoms with Crippen molar-refractivity contribution in [3.8, 4) is 44.5 Å². The van der Waals surface area contributed by atoms with Crippen molar-refractivity contribution in [2.45, 2.75) is 46.5 Å². The summed E-state index contributed by atoms with van der Waals surface area (Å²) in [5.41, 5.74) is 13.3. The molecule has 8 heteroatoms. The lowest BCUT2D eigenvalue weighted by atomic mass is 9.91. The lowest BCUT2D eigenvalue weighted by Gasteiger charge is -2.31. The van der Waals surface area contributed by atoms with E-state index < -0.39 is 0 Å². The number of nitrogens with zero attached hydrogens (tertiary/aromatic N) is 6. The Morgan fingerprint density at radius 1 is 0.464 bits per heavy atom. The van der Waals surface area contributed by atoms with Gasteiger partial charge in [0.25, 0.3) is 11.6 Å². The fourth-order valence-corrected chi connectivity index (χ4v) is 9.51. The maximum atomic E-state index is 14.1. The van der Waals surface area contributed by atoms with Crippen LogP contribution in [0.2, 0.25) is 0 Å². The van der Waals surface area contributed by atoms with Crippen molar-refractivity contribution >= 4 is 46.2 Å². The maximum absolute atomic E-state index is 14.1. The molecule has 0 N–H and O–H groups in total. The van der Waals surface area contributed by atoms with E-state index in [1.165, 1.54) is 0 Å². The highest BCUT2D eigenvalue weighted by Crippen LogP contribution is 2.56. The van der Waals surface area contributed by atoms with E-state index in [-0.39, 0.29) is 40.6 Å². The normalized spacial score (nSPS) is 13.5. The van der Waals surface area contributed by atoms with Crippen LogP contribution in [0.1, 0.15) is 76.9 Å². The summed E-state index contributed by atoms with van der Waals surface area (Å²) in [5.74, 6) is 0.269. The predicted molar refractivity (Wildman–Crippen MR) is 278 cm³/mol. The van der Waals surface area contributed by atoms with Crippen molar-refractivity contribution in [1.82, 2.24) is 9.97 Å². The van der Waals surface area contributed by atoms with Crippen LogP contribution >= 0.6 is 0 Å². The second-order valence-electron chi connectivity index (χ2n) is 17.9. The molecule has 1 aromatic heterocycles. The number of Topliss-reactive ketones (excluding diaryl/α,β-unsaturated/α-hetero) is 2. The number of ketones is 2. The Morgan fingerprint density at radius 2 is 0.855 bits per heavy atom. The molecule has 69 heavy (non-hydrogen) atoms. The van der Waals surface area contributed by atoms with Gasteiger partial charge in [-0.15, -0.1) is 9.97 Å². The number of rotatable bonds is 9. The molecule has 8 aromatic rings. The van der Waals surface area contributed by atoms with Gasteiger partial charge in [-0.2, -0.15) is 0 Å². The fourth-order valence-electron chi connectivity index (χ4n) is 9.51. The van der Waals surface area contributed by atoms with E-state index in [1.807, 2.05) is 46.2 Å². The first-order valence-corrected chi connectivity index (χ1v) is 23.0. The Bertz CT molecular complexity index is 3340. The van der Waals surface area contributed by atoms with Crippen LogP contribution in [-0.4, -0.2) is 21.5 Å². The zero-order chi connectivity index (χ0) is 47.9. The van der Waals surface area contributed by atoms with Gasteiger partial charge in [0.15, 0.2) is 11.6 Å². The molecule has 1 aliphatic carbocycles. The topological polar surface area (TPSA) is 75.1 Å². The van der Waals surface area contributed by atoms with Gasteiger partial charge >= 0.3 is 11.6 Å². The number of para-hydroxylation sites is 1. The number of fused-ring (bicyclic) bond motifs is 2. The standard InChI is InChI=1S/C61H46N6O2/c1-37(2)46-23-16-24-47(38(3)4)54(46)66-53(34-33-50-56(68)48-21-14-15-22-49(48)57(50)69)67(61-60(66)64-58(62-6)59(63-7)65-61)55-51(44-29-25-42(26-30-44)40-17-10-8-11-18-40)35-39(5)36-52(55)45-31-27-43(28-32-45)41-19-12-9-13-20-41/h8-38H,1-5H3/b53-34+. The van der Waals surface area contributed by atoms with Gasteiger partial charge in [0.05, 0.1) is 16.9 Å². The van der Waals surface area contributed by atoms with Gasteiger partial charge in [-0.1, -0.05) is 192 Å². The van der Waals surface area contributed by atoms with Crippen molar-refractivity contribution in [3.63, 3.8) is 0 Å². The third kappa shape index (κ3) is 7.78. The third-order valence-corrected chi connectivity index (χ3v) is 12.9. The van der Waals surface area contributed by atoms with Gasteiger partial charge in [-0.3, -0.25) is 19.4 Å². The van der Waals surface area contributed by atoms with Gasteiger partial charge in [0, 0.05) is 22.3 Å². The summed E-state index contributed by atoms with van der Waals surface area (Å²) in [4.78, 5) is 49.9. The number of hydrogen-bond acceptors (Lipinski definition) is 6. The van der Waals surface area contributed by atoms with Crippen LogP contribution in [0.15, 0.2) is 187 Å². The van der Waals surface area contributed by atoms with Crippen LogP contribution in [0.25, 0.3) is 54.2 Å². The molecule has 0 amide bonds. The molecule has 0 saturated heterocycles. The number of hydrogen-bond donors (Lipinski definition) is 0. The Morgan fingerprint density at radius 3 is 1.28 bits per heavy atom. The van der Waals surface area contributed by atoms with Crippen molar-refractivity contribution in [1.29, 1.82) is 0 Å². The van der Waals surface area contributed by atoms with E-state index >= 15 is 0 Å². The van der Waals surface area contributed by atoms with E-state index in [9.17, 15) is 9.59 Å². The summed E-state index contributed by atoms with van der Waals surface area (Å²) < 4.78 is 0. The second-order valence-corrected chi connectivity index (χ2v) is 17.9. The minimum absolute atomic E-state index is 0.0303. The first-order chi connectivity index (χ1) is 33.6.